The van der Waals surface area contributed by atoms with Crippen LogP contribution >= 0.6 is 0 Å². The topological polar surface area (TPSA) is 20.3 Å². The van der Waals surface area contributed by atoms with Crippen molar-refractivity contribution in [2.75, 3.05) is 14.1 Å². The van der Waals surface area contributed by atoms with E-state index in [1.165, 1.54) is 17.0 Å². The number of benzene rings is 1. The van der Waals surface area contributed by atoms with E-state index in [-0.39, 0.29) is 11.5 Å². The van der Waals surface area contributed by atoms with Crippen molar-refractivity contribution >= 4 is 5.91 Å². The molecule has 1 amide bonds. The van der Waals surface area contributed by atoms with Crippen LogP contribution in [0.4, 0.5) is 13.2 Å². The molecule has 0 saturated heterocycles. The maximum absolute atomic E-state index is 12.2. The van der Waals surface area contributed by atoms with Crippen molar-refractivity contribution in [1.29, 1.82) is 0 Å². The molecule has 15 heavy (non-hydrogen) atoms. The summed E-state index contributed by atoms with van der Waals surface area (Å²) in [6.45, 7) is 0. The molecule has 0 atom stereocenters. The van der Waals surface area contributed by atoms with Gasteiger partial charge < -0.3 is 4.90 Å². The lowest BCUT2D eigenvalue weighted by Gasteiger charge is -2.11. The maximum Gasteiger partial charge on any atom is 0.416 e. The largest absolute Gasteiger partial charge is 0.416 e. The van der Waals surface area contributed by atoms with Crippen LogP contribution in [-0.2, 0) is 6.18 Å². The van der Waals surface area contributed by atoms with Gasteiger partial charge in [-0.2, -0.15) is 13.2 Å². The molecule has 0 radical (unpaired) electrons. The Hall–Kier alpha value is -1.52. The number of nitrogens with zero attached hydrogens (tertiary/aromatic N) is 1. The summed E-state index contributed by atoms with van der Waals surface area (Å²) in [7, 11) is 3.08. The molecule has 1 aromatic rings. The lowest BCUT2D eigenvalue weighted by Crippen LogP contribution is -2.21. The van der Waals surface area contributed by atoms with E-state index in [4.69, 9.17) is 0 Å². The van der Waals surface area contributed by atoms with Crippen molar-refractivity contribution in [2.45, 2.75) is 6.18 Å². The number of halogens is 3. The van der Waals surface area contributed by atoms with Crippen molar-refractivity contribution in [3.8, 4) is 0 Å². The molecule has 0 aliphatic rings. The Balaban J connectivity index is 2.96. The summed E-state index contributed by atoms with van der Waals surface area (Å²) in [5.41, 5.74) is -0.509. The number of carbonyl (C=O) groups is 1. The van der Waals surface area contributed by atoms with Crippen LogP contribution < -0.4 is 0 Å². The van der Waals surface area contributed by atoms with E-state index in [0.29, 0.717) is 0 Å². The molecule has 0 N–H and O–H groups in total. The molecule has 0 aromatic heterocycles. The Bertz CT molecular complexity index is 354. The first kappa shape index (κ1) is 11.6. The Morgan fingerprint density at radius 1 is 1.13 bits per heavy atom. The van der Waals surface area contributed by atoms with Gasteiger partial charge in [-0.15, -0.1) is 0 Å². The molecule has 0 heterocycles. The molecule has 0 saturated carbocycles. The van der Waals surface area contributed by atoms with Gasteiger partial charge in [0.15, 0.2) is 0 Å². The third kappa shape index (κ3) is 2.71. The standard InChI is InChI=1S/C10H10F3NO/c1-14(2)9(15)7-3-5-8(6-4-7)10(11,12)13/h3-6H,1-2H3. The van der Waals surface area contributed by atoms with Crippen LogP contribution in [0.2, 0.25) is 0 Å². The van der Waals surface area contributed by atoms with Crippen LogP contribution in [0.15, 0.2) is 24.3 Å². The summed E-state index contributed by atoms with van der Waals surface area (Å²) >= 11 is 0. The van der Waals surface area contributed by atoms with Crippen molar-refractivity contribution in [3.05, 3.63) is 35.4 Å². The molecular weight excluding hydrogens is 207 g/mol. The lowest BCUT2D eigenvalue weighted by molar-refractivity contribution is -0.137. The number of hydrogen-bond acceptors (Lipinski definition) is 1. The monoisotopic (exact) mass is 217 g/mol. The van der Waals surface area contributed by atoms with Crippen LogP contribution in [0, 0.1) is 0 Å². The highest BCUT2D eigenvalue weighted by atomic mass is 19.4. The molecule has 2 nitrogen and oxygen atoms in total. The van der Waals surface area contributed by atoms with E-state index in [0.717, 1.165) is 12.1 Å². The molecule has 0 spiro atoms. The Morgan fingerprint density at radius 3 is 1.93 bits per heavy atom. The molecular formula is C10H10F3NO. The van der Waals surface area contributed by atoms with E-state index in [1.807, 2.05) is 0 Å². The van der Waals surface area contributed by atoms with Gasteiger partial charge >= 0.3 is 6.18 Å². The first-order valence-electron chi connectivity index (χ1n) is 4.21. The molecule has 1 aromatic carbocycles. The van der Waals surface area contributed by atoms with Gasteiger partial charge in [-0.05, 0) is 24.3 Å². The number of amides is 1. The van der Waals surface area contributed by atoms with E-state index in [1.54, 1.807) is 14.1 Å². The summed E-state index contributed by atoms with van der Waals surface area (Å²) in [6.07, 6.45) is -4.36. The van der Waals surface area contributed by atoms with Gasteiger partial charge in [0, 0.05) is 19.7 Å². The zero-order valence-corrected chi connectivity index (χ0v) is 8.30. The van der Waals surface area contributed by atoms with Crippen molar-refractivity contribution in [2.24, 2.45) is 0 Å². The molecule has 1 rings (SSSR count). The van der Waals surface area contributed by atoms with Crippen molar-refractivity contribution in [1.82, 2.24) is 4.90 Å². The van der Waals surface area contributed by atoms with Crippen LogP contribution in [0.5, 0.6) is 0 Å². The fourth-order valence-electron chi connectivity index (χ4n) is 1.06. The van der Waals surface area contributed by atoms with Gasteiger partial charge in [0.25, 0.3) is 5.91 Å². The molecule has 82 valence electrons. The van der Waals surface area contributed by atoms with Crippen LogP contribution in [0.3, 0.4) is 0 Å². The van der Waals surface area contributed by atoms with Gasteiger partial charge in [-0.3, -0.25) is 4.79 Å². The Labute approximate surface area is 85.3 Å². The minimum atomic E-state index is -4.36. The summed E-state index contributed by atoms with van der Waals surface area (Å²) < 4.78 is 36.6. The summed E-state index contributed by atoms with van der Waals surface area (Å²) in [5.74, 6) is -0.316. The fraction of sp³-hybridized carbons (Fsp3) is 0.300. The highest BCUT2D eigenvalue weighted by Gasteiger charge is 2.30. The van der Waals surface area contributed by atoms with E-state index in [9.17, 15) is 18.0 Å². The lowest BCUT2D eigenvalue weighted by atomic mass is 10.1. The van der Waals surface area contributed by atoms with Gasteiger partial charge in [0.2, 0.25) is 0 Å². The first-order chi connectivity index (χ1) is 6.82. The third-order valence-electron chi connectivity index (χ3n) is 1.87. The summed E-state index contributed by atoms with van der Waals surface area (Å²) in [5, 5.41) is 0. The smallest absolute Gasteiger partial charge is 0.345 e. The van der Waals surface area contributed by atoms with Gasteiger partial charge in [-0.25, -0.2) is 0 Å². The second kappa shape index (κ2) is 3.92. The normalized spacial score (nSPS) is 11.3. The van der Waals surface area contributed by atoms with Crippen LogP contribution in [-0.4, -0.2) is 24.9 Å². The maximum atomic E-state index is 12.2. The zero-order chi connectivity index (χ0) is 11.6. The van der Waals surface area contributed by atoms with Crippen molar-refractivity contribution in [3.63, 3.8) is 0 Å². The fourth-order valence-corrected chi connectivity index (χ4v) is 1.06. The minimum Gasteiger partial charge on any atom is -0.345 e. The predicted octanol–water partition coefficient (Wildman–Crippen LogP) is 2.41. The zero-order valence-electron chi connectivity index (χ0n) is 8.30. The van der Waals surface area contributed by atoms with Crippen molar-refractivity contribution < 1.29 is 18.0 Å². The molecule has 0 fully saturated rings. The van der Waals surface area contributed by atoms with Crippen LogP contribution in [0.1, 0.15) is 15.9 Å². The number of rotatable bonds is 1. The molecule has 0 aliphatic heterocycles. The Morgan fingerprint density at radius 2 is 1.60 bits per heavy atom. The van der Waals surface area contributed by atoms with E-state index < -0.39 is 11.7 Å². The summed E-state index contributed by atoms with van der Waals surface area (Å²) in [6, 6.07) is 4.14. The SMILES string of the molecule is CN(C)C(=O)c1ccc(C(F)(F)F)cc1. The van der Waals surface area contributed by atoms with E-state index in [2.05, 4.69) is 0 Å². The Kier molecular flexibility index (Phi) is 3.02. The number of carbonyl (C=O) groups excluding carboxylic acids is 1. The highest BCUT2D eigenvalue weighted by molar-refractivity contribution is 5.93. The molecule has 0 unspecified atom stereocenters. The second-order valence-electron chi connectivity index (χ2n) is 3.27. The van der Waals surface area contributed by atoms with Gasteiger partial charge in [-0.1, -0.05) is 0 Å². The number of alkyl halides is 3. The van der Waals surface area contributed by atoms with Gasteiger partial charge in [0.1, 0.15) is 0 Å². The second-order valence-corrected chi connectivity index (χ2v) is 3.27. The molecule has 0 aliphatic carbocycles. The quantitative estimate of drug-likeness (QED) is 0.707. The third-order valence-corrected chi connectivity index (χ3v) is 1.87. The minimum absolute atomic E-state index is 0.244. The average molecular weight is 217 g/mol. The molecule has 0 bridgehead atoms. The van der Waals surface area contributed by atoms with E-state index >= 15 is 0 Å². The number of hydrogen-bond donors (Lipinski definition) is 0. The highest BCUT2D eigenvalue weighted by Crippen LogP contribution is 2.29. The van der Waals surface area contributed by atoms with Gasteiger partial charge in [0.05, 0.1) is 5.56 Å². The predicted molar refractivity (Wildman–Crippen MR) is 49.5 cm³/mol. The average Bonchev–Trinajstić information content (AvgIpc) is 2.15. The molecule has 5 heteroatoms. The first-order valence-corrected chi connectivity index (χ1v) is 4.21. The summed E-state index contributed by atoms with van der Waals surface area (Å²) in [4.78, 5) is 12.7. The van der Waals surface area contributed by atoms with Crippen LogP contribution in [0.25, 0.3) is 0 Å².